The Bertz CT molecular complexity index is 8150. The third kappa shape index (κ3) is 12.5. The standard InChI is InChI=1S/C65H48N4.C59H36N4/c1-41(2)45-21-30-50(31-22-45)68(49-26-17-43(39-66)18-27-49)53-34-25-47-36-58-61(37-48(47)35-53)65(59-15-9-7-11-54(59)55-12-8-10-16-60(55)65)62-38-63(56-13-5-6-14-57(56)64(58)62)69(51-28-19-44(40-67)20-29-51)52-32-23-46(24-33-52)42(3)4;60-37-39-23-28-45(29-24-39)62(43-13-3-1-4-14-43)47-32-27-41-34-52-55(35-42(41)33-47)59(53-21-11-9-17-48(53)49-18-10-12-22-54(49)59)56-36-57(50-19-7-8-20-51(50)58(52)56)63(44-15-5-2-6-16-44)46-30-25-40(38-61)26-31-46/h5-38,41-42H,1-4H3;1-36H. The summed E-state index contributed by atoms with van der Waals surface area (Å²) >= 11 is 0. The average molecular weight is 1690 g/mol. The number of hydrogen-bond donors (Lipinski definition) is 0. The average Bonchev–Trinajstić information content (AvgIpc) is 1.50. The number of nitriles is 4. The second-order valence-electron chi connectivity index (χ2n) is 35.4. The van der Waals surface area contributed by atoms with Crippen molar-refractivity contribution in [1.29, 1.82) is 21.0 Å². The van der Waals surface area contributed by atoms with Gasteiger partial charge in [-0.25, -0.2) is 0 Å². The predicted molar refractivity (Wildman–Crippen MR) is 541 cm³/mol. The largest absolute Gasteiger partial charge is 0.310 e. The van der Waals surface area contributed by atoms with Crippen molar-refractivity contribution in [2.24, 2.45) is 0 Å². The van der Waals surface area contributed by atoms with Gasteiger partial charge in [-0.2, -0.15) is 21.0 Å². The molecule has 0 amide bonds. The highest BCUT2D eigenvalue weighted by molar-refractivity contribution is 6.16. The molecule has 0 N–H and O–H groups in total. The van der Waals surface area contributed by atoms with Gasteiger partial charge in [0.05, 0.1) is 68.7 Å². The van der Waals surface area contributed by atoms with Crippen molar-refractivity contribution in [2.45, 2.75) is 50.4 Å². The van der Waals surface area contributed by atoms with Gasteiger partial charge in [0, 0.05) is 67.6 Å². The summed E-state index contributed by atoms with van der Waals surface area (Å²) in [5, 5.41) is 48.3. The molecule has 0 aliphatic heterocycles. The van der Waals surface area contributed by atoms with Crippen LogP contribution in [0.1, 0.15) is 117 Å². The van der Waals surface area contributed by atoms with Crippen LogP contribution in [0.2, 0.25) is 0 Å². The highest BCUT2D eigenvalue weighted by atomic mass is 15.2. The van der Waals surface area contributed by atoms with E-state index in [0.29, 0.717) is 34.1 Å². The van der Waals surface area contributed by atoms with Gasteiger partial charge in [0.15, 0.2) is 0 Å². The topological polar surface area (TPSA) is 108 Å². The first-order chi connectivity index (χ1) is 64.9. The number of benzene rings is 20. The molecule has 0 aromatic heterocycles. The van der Waals surface area contributed by atoms with Gasteiger partial charge < -0.3 is 19.6 Å². The van der Waals surface area contributed by atoms with Crippen LogP contribution in [0.4, 0.5) is 68.2 Å². The van der Waals surface area contributed by atoms with Crippen LogP contribution in [0.3, 0.4) is 0 Å². The molecule has 0 bridgehead atoms. The van der Waals surface area contributed by atoms with Crippen LogP contribution in [0.25, 0.3) is 87.6 Å². The van der Waals surface area contributed by atoms with Gasteiger partial charge in [0.25, 0.3) is 0 Å². The minimum Gasteiger partial charge on any atom is -0.310 e. The molecule has 620 valence electrons. The minimum atomic E-state index is -0.641. The van der Waals surface area contributed by atoms with Crippen molar-refractivity contribution in [3.63, 3.8) is 0 Å². The lowest BCUT2D eigenvalue weighted by atomic mass is 9.70. The van der Waals surface area contributed by atoms with Crippen LogP contribution in [-0.2, 0) is 10.8 Å². The zero-order chi connectivity index (χ0) is 89.0. The summed E-state index contributed by atoms with van der Waals surface area (Å²) in [6.45, 7) is 8.91. The number of rotatable bonds is 14. The van der Waals surface area contributed by atoms with Crippen LogP contribution in [0.5, 0.6) is 0 Å². The Labute approximate surface area is 768 Å². The SMILES string of the molecule is CC(C)c1ccc(N(c2ccc(C#N)cc2)c2ccc3cc4c(cc3c2)C2(c3ccccc3-c3ccccc32)c2cc(N(c3ccc(C#N)cc3)c3ccc(C(C)C)cc3)c3ccccc3c2-4)cc1.N#Cc1ccc(N(c2ccccc2)c2ccc3cc4c(cc3c2)C2(c3ccccc3-c3ccccc32)c2cc(N(c3ccccc3)c3ccc(C#N)cc3)c3ccccc3c2-4)cc1. The summed E-state index contributed by atoms with van der Waals surface area (Å²) in [5.41, 5.74) is 36.2. The first-order valence-electron chi connectivity index (χ1n) is 45.1. The maximum Gasteiger partial charge on any atom is 0.0991 e. The lowest BCUT2D eigenvalue weighted by Crippen LogP contribution is -2.26. The Balaban J connectivity index is 0.000000150. The molecule has 0 saturated carbocycles. The molecule has 8 heteroatoms. The van der Waals surface area contributed by atoms with Crippen LogP contribution < -0.4 is 19.6 Å². The second kappa shape index (κ2) is 31.9. The third-order valence-electron chi connectivity index (χ3n) is 27.7. The van der Waals surface area contributed by atoms with Gasteiger partial charge in [-0.15, -0.1) is 0 Å². The number of anilines is 12. The number of hydrogen-bond acceptors (Lipinski definition) is 8. The Morgan fingerprint density at radius 2 is 0.455 bits per heavy atom. The van der Waals surface area contributed by atoms with Crippen LogP contribution >= 0.6 is 0 Å². The van der Waals surface area contributed by atoms with Gasteiger partial charge >= 0.3 is 0 Å². The summed E-state index contributed by atoms with van der Waals surface area (Å²) < 4.78 is 0. The molecule has 0 fully saturated rings. The van der Waals surface area contributed by atoms with E-state index >= 15 is 0 Å². The number of para-hydroxylation sites is 2. The molecule has 0 saturated heterocycles. The molecule has 20 aromatic carbocycles. The molecule has 8 nitrogen and oxygen atoms in total. The van der Waals surface area contributed by atoms with E-state index in [0.717, 1.165) is 101 Å². The van der Waals surface area contributed by atoms with E-state index in [4.69, 9.17) is 0 Å². The van der Waals surface area contributed by atoms with Gasteiger partial charge in [-0.1, -0.05) is 246 Å². The first kappa shape index (κ1) is 79.3. The smallest absolute Gasteiger partial charge is 0.0991 e. The minimum absolute atomic E-state index is 0.394. The van der Waals surface area contributed by atoms with Crippen molar-refractivity contribution >= 4 is 111 Å². The fourth-order valence-corrected chi connectivity index (χ4v) is 21.7. The van der Waals surface area contributed by atoms with Crippen LogP contribution in [0.15, 0.2) is 425 Å². The molecule has 24 rings (SSSR count). The normalized spacial score (nSPS) is 12.6. The molecular weight excluding hydrogens is 1600 g/mol. The second-order valence-corrected chi connectivity index (χ2v) is 35.4. The van der Waals surface area contributed by atoms with E-state index in [1.54, 1.807) is 0 Å². The first-order valence-corrected chi connectivity index (χ1v) is 45.1. The molecular formula is C124H84N8. The summed E-state index contributed by atoms with van der Waals surface area (Å²) in [4.78, 5) is 9.29. The summed E-state index contributed by atoms with van der Waals surface area (Å²) in [5.74, 6) is 0.807. The van der Waals surface area contributed by atoms with Crippen molar-refractivity contribution in [3.8, 4) is 68.8 Å². The highest BCUT2D eigenvalue weighted by Crippen LogP contribution is 2.68. The van der Waals surface area contributed by atoms with Gasteiger partial charge in [-0.3, -0.25) is 0 Å². The summed E-state index contributed by atoms with van der Waals surface area (Å²) in [6.07, 6.45) is 0. The maximum atomic E-state index is 9.88. The lowest BCUT2D eigenvalue weighted by Gasteiger charge is -2.33. The highest BCUT2D eigenvalue weighted by Gasteiger charge is 2.55. The van der Waals surface area contributed by atoms with Crippen molar-refractivity contribution < 1.29 is 0 Å². The number of fused-ring (bicyclic) bond motifs is 26. The van der Waals surface area contributed by atoms with E-state index in [-0.39, 0.29) is 0 Å². The van der Waals surface area contributed by atoms with E-state index < -0.39 is 10.8 Å². The van der Waals surface area contributed by atoms with E-state index in [2.05, 4.69) is 417 Å². The summed E-state index contributed by atoms with van der Waals surface area (Å²) in [6, 6.07) is 162. The van der Waals surface area contributed by atoms with Gasteiger partial charge in [0.2, 0.25) is 0 Å². The van der Waals surface area contributed by atoms with E-state index in [1.165, 1.54) is 111 Å². The molecule has 0 unspecified atom stereocenters. The quantitative estimate of drug-likeness (QED) is 0.106. The fraction of sp³-hybridized carbons (Fsp3) is 0.0645. The predicted octanol–water partition coefficient (Wildman–Crippen LogP) is 32.3. The zero-order valence-corrected chi connectivity index (χ0v) is 73.1. The Kier molecular flexibility index (Phi) is 19.1. The summed E-state index contributed by atoms with van der Waals surface area (Å²) in [7, 11) is 0. The lowest BCUT2D eigenvalue weighted by molar-refractivity contribution is 0.795. The molecule has 2 spiro atoms. The maximum absolute atomic E-state index is 9.88. The Hall–Kier alpha value is -17.4. The Morgan fingerprint density at radius 1 is 0.197 bits per heavy atom. The van der Waals surface area contributed by atoms with Gasteiger partial charge in [-0.05, 0) is 351 Å². The van der Waals surface area contributed by atoms with Crippen molar-refractivity contribution in [2.75, 3.05) is 19.6 Å². The number of nitrogens with zero attached hydrogens (tertiary/aromatic N) is 8. The molecule has 0 radical (unpaired) electrons. The van der Waals surface area contributed by atoms with Crippen molar-refractivity contribution in [3.05, 3.63) is 503 Å². The van der Waals surface area contributed by atoms with E-state index in [9.17, 15) is 21.0 Å². The van der Waals surface area contributed by atoms with Crippen LogP contribution in [0, 0.1) is 45.3 Å². The monoisotopic (exact) mass is 1680 g/mol. The third-order valence-corrected chi connectivity index (χ3v) is 27.7. The molecule has 132 heavy (non-hydrogen) atoms. The molecule has 0 atom stereocenters. The zero-order valence-electron chi connectivity index (χ0n) is 73.1. The molecule has 4 aliphatic carbocycles. The molecule has 0 heterocycles. The molecule has 4 aliphatic rings. The van der Waals surface area contributed by atoms with E-state index in [1.807, 2.05) is 78.9 Å². The van der Waals surface area contributed by atoms with Crippen LogP contribution in [-0.4, -0.2) is 0 Å². The van der Waals surface area contributed by atoms with Crippen molar-refractivity contribution in [1.82, 2.24) is 0 Å². The van der Waals surface area contributed by atoms with Gasteiger partial charge in [0.1, 0.15) is 0 Å². The molecule has 20 aromatic rings. The Morgan fingerprint density at radius 3 is 0.765 bits per heavy atom. The fourth-order valence-electron chi connectivity index (χ4n) is 21.7.